The van der Waals surface area contributed by atoms with Gasteiger partial charge in [-0.3, -0.25) is 14.7 Å². The van der Waals surface area contributed by atoms with Crippen molar-refractivity contribution in [3.63, 3.8) is 0 Å². The molecule has 2 heterocycles. The van der Waals surface area contributed by atoms with Gasteiger partial charge in [0.25, 0.3) is 5.91 Å². The van der Waals surface area contributed by atoms with Crippen LogP contribution in [-0.2, 0) is 6.54 Å². The van der Waals surface area contributed by atoms with E-state index in [4.69, 9.17) is 23.9 Å². The number of ether oxygens (including phenoxy) is 4. The second-order valence-corrected chi connectivity index (χ2v) is 9.05. The Morgan fingerprint density at radius 3 is 2.24 bits per heavy atom. The van der Waals surface area contributed by atoms with Crippen LogP contribution in [0.3, 0.4) is 0 Å². The van der Waals surface area contributed by atoms with Gasteiger partial charge in [0.05, 0.1) is 43.9 Å². The van der Waals surface area contributed by atoms with E-state index in [-0.39, 0.29) is 12.5 Å². The quantitative estimate of drug-likeness (QED) is 0.238. The molecule has 194 valence electrons. The van der Waals surface area contributed by atoms with Gasteiger partial charge in [0.1, 0.15) is 11.3 Å². The van der Waals surface area contributed by atoms with E-state index in [2.05, 4.69) is 4.98 Å². The summed E-state index contributed by atoms with van der Waals surface area (Å²) in [7, 11) is 1.62. The maximum Gasteiger partial charge on any atom is 0.260 e. The molecule has 4 aromatic rings. The van der Waals surface area contributed by atoms with E-state index in [0.717, 1.165) is 21.5 Å². The van der Waals surface area contributed by atoms with Crippen molar-refractivity contribution in [1.29, 1.82) is 0 Å². The molecule has 9 heteroatoms. The van der Waals surface area contributed by atoms with Crippen molar-refractivity contribution in [3.05, 3.63) is 65.5 Å². The van der Waals surface area contributed by atoms with Crippen molar-refractivity contribution >= 4 is 32.6 Å². The largest absolute Gasteiger partial charge is 0.494 e. The van der Waals surface area contributed by atoms with E-state index in [0.29, 0.717) is 53.5 Å². The van der Waals surface area contributed by atoms with Crippen molar-refractivity contribution in [2.45, 2.75) is 34.2 Å². The monoisotopic (exact) mass is 521 g/mol. The number of fused-ring (bicyclic) bond motifs is 1. The summed E-state index contributed by atoms with van der Waals surface area (Å²) in [6.07, 6.45) is 1.71. The SMILES string of the molecule is CCOc1cc(C(=O)N(Cc2ccccn2)c2nc3c(OC)ccc(C)c3s2)cc(OCC)c1OCC. The molecule has 0 spiro atoms. The second kappa shape index (κ2) is 11.9. The lowest BCUT2D eigenvalue weighted by atomic mass is 10.1. The normalized spacial score (nSPS) is 10.8. The first-order chi connectivity index (χ1) is 18.0. The highest BCUT2D eigenvalue weighted by molar-refractivity contribution is 7.22. The van der Waals surface area contributed by atoms with Crippen molar-refractivity contribution in [2.24, 2.45) is 0 Å². The lowest BCUT2D eigenvalue weighted by Crippen LogP contribution is -2.30. The summed E-state index contributed by atoms with van der Waals surface area (Å²) < 4.78 is 24.0. The molecule has 0 unspecified atom stereocenters. The maximum atomic E-state index is 14.1. The number of aromatic nitrogens is 2. The zero-order valence-corrected chi connectivity index (χ0v) is 22.6. The van der Waals surface area contributed by atoms with Gasteiger partial charge < -0.3 is 18.9 Å². The van der Waals surface area contributed by atoms with Crippen molar-refractivity contribution in [3.8, 4) is 23.0 Å². The molecule has 8 nitrogen and oxygen atoms in total. The minimum atomic E-state index is -0.258. The number of pyridine rings is 1. The van der Waals surface area contributed by atoms with Crippen LogP contribution in [0.5, 0.6) is 23.0 Å². The minimum absolute atomic E-state index is 0.238. The summed E-state index contributed by atoms with van der Waals surface area (Å²) in [6.45, 7) is 9.18. The fraction of sp³-hybridized carbons (Fsp3) is 0.321. The summed E-state index contributed by atoms with van der Waals surface area (Å²) in [5, 5.41) is 0.544. The topological polar surface area (TPSA) is 83.0 Å². The molecule has 0 aliphatic rings. The molecule has 37 heavy (non-hydrogen) atoms. The molecular weight excluding hydrogens is 490 g/mol. The van der Waals surface area contributed by atoms with Crippen molar-refractivity contribution in [1.82, 2.24) is 9.97 Å². The highest BCUT2D eigenvalue weighted by Crippen LogP contribution is 2.41. The zero-order valence-electron chi connectivity index (χ0n) is 21.7. The number of amides is 1. The number of nitrogens with zero attached hydrogens (tertiary/aromatic N) is 3. The van der Waals surface area contributed by atoms with Crippen LogP contribution in [0.1, 0.15) is 42.4 Å². The number of benzene rings is 2. The molecule has 2 aromatic carbocycles. The smallest absolute Gasteiger partial charge is 0.260 e. The Hall–Kier alpha value is -3.85. The lowest BCUT2D eigenvalue weighted by molar-refractivity contribution is 0.0983. The first kappa shape index (κ1) is 26.2. The highest BCUT2D eigenvalue weighted by Gasteiger charge is 2.26. The molecular formula is C28H31N3O5S. The third-order valence-electron chi connectivity index (χ3n) is 5.59. The number of carbonyl (C=O) groups excluding carboxylic acids is 1. The van der Waals surface area contributed by atoms with Crippen LogP contribution >= 0.6 is 11.3 Å². The number of thiazole rings is 1. The molecule has 4 rings (SSSR count). The number of hydrogen-bond donors (Lipinski definition) is 0. The van der Waals surface area contributed by atoms with Gasteiger partial charge in [0.2, 0.25) is 5.75 Å². The average molecular weight is 522 g/mol. The number of rotatable bonds is 11. The van der Waals surface area contributed by atoms with Crippen LogP contribution in [0, 0.1) is 6.92 Å². The predicted octanol–water partition coefficient (Wildman–Crippen LogP) is 6.05. The first-order valence-corrected chi connectivity index (χ1v) is 13.0. The van der Waals surface area contributed by atoms with Crippen LogP contribution in [-0.4, -0.2) is 42.8 Å². The molecule has 2 aromatic heterocycles. The Morgan fingerprint density at radius 2 is 1.65 bits per heavy atom. The van der Waals surface area contributed by atoms with E-state index in [9.17, 15) is 4.79 Å². The molecule has 0 fully saturated rings. The van der Waals surface area contributed by atoms with E-state index in [1.54, 1.807) is 30.3 Å². The van der Waals surface area contributed by atoms with Crippen LogP contribution in [0.2, 0.25) is 0 Å². The molecule has 0 aliphatic carbocycles. The molecule has 0 atom stereocenters. The van der Waals surface area contributed by atoms with Gasteiger partial charge in [-0.25, -0.2) is 4.98 Å². The minimum Gasteiger partial charge on any atom is -0.494 e. The third-order valence-corrected chi connectivity index (χ3v) is 6.80. The van der Waals surface area contributed by atoms with Crippen LogP contribution < -0.4 is 23.8 Å². The third kappa shape index (κ3) is 5.61. The molecule has 0 bridgehead atoms. The fourth-order valence-corrected chi connectivity index (χ4v) is 4.98. The zero-order chi connectivity index (χ0) is 26.4. The average Bonchev–Trinajstić information content (AvgIpc) is 3.36. The molecule has 0 aliphatic heterocycles. The van der Waals surface area contributed by atoms with Crippen molar-refractivity contribution in [2.75, 3.05) is 31.8 Å². The number of hydrogen-bond acceptors (Lipinski definition) is 8. The van der Waals surface area contributed by atoms with Crippen LogP contribution in [0.4, 0.5) is 5.13 Å². The number of methoxy groups -OCH3 is 1. The van der Waals surface area contributed by atoms with Gasteiger partial charge >= 0.3 is 0 Å². The van der Waals surface area contributed by atoms with E-state index < -0.39 is 0 Å². The van der Waals surface area contributed by atoms with Gasteiger partial charge in [-0.1, -0.05) is 23.5 Å². The first-order valence-electron chi connectivity index (χ1n) is 12.2. The van der Waals surface area contributed by atoms with Gasteiger partial charge in [-0.2, -0.15) is 0 Å². The number of anilines is 1. The summed E-state index contributed by atoms with van der Waals surface area (Å²) in [5.74, 6) is 1.80. The Kier molecular flexibility index (Phi) is 8.45. The Morgan fingerprint density at radius 1 is 0.946 bits per heavy atom. The number of carbonyl (C=O) groups is 1. The molecule has 0 saturated carbocycles. The highest BCUT2D eigenvalue weighted by atomic mass is 32.1. The predicted molar refractivity (Wildman–Crippen MR) is 146 cm³/mol. The number of aryl methyl sites for hydroxylation is 1. The fourth-order valence-electron chi connectivity index (χ4n) is 3.93. The summed E-state index contributed by atoms with van der Waals surface area (Å²) in [6, 6.07) is 12.9. The lowest BCUT2D eigenvalue weighted by Gasteiger charge is -2.22. The van der Waals surface area contributed by atoms with Gasteiger partial charge in [0.15, 0.2) is 16.6 Å². The summed E-state index contributed by atoms with van der Waals surface area (Å²) in [4.78, 5) is 25.0. The maximum absolute atomic E-state index is 14.1. The summed E-state index contributed by atoms with van der Waals surface area (Å²) in [5.41, 5.74) is 2.91. The van der Waals surface area contributed by atoms with Gasteiger partial charge in [-0.05, 0) is 63.6 Å². The molecule has 0 N–H and O–H groups in total. The Balaban J connectivity index is 1.85. The van der Waals surface area contributed by atoms with Gasteiger partial charge in [-0.15, -0.1) is 0 Å². The van der Waals surface area contributed by atoms with E-state index in [1.165, 1.54) is 11.3 Å². The van der Waals surface area contributed by atoms with Gasteiger partial charge in [0, 0.05) is 11.8 Å². The van der Waals surface area contributed by atoms with E-state index in [1.807, 2.05) is 58.0 Å². The van der Waals surface area contributed by atoms with E-state index >= 15 is 0 Å². The molecule has 1 amide bonds. The van der Waals surface area contributed by atoms with Crippen molar-refractivity contribution < 1.29 is 23.7 Å². The van der Waals surface area contributed by atoms with Crippen LogP contribution in [0.15, 0.2) is 48.7 Å². The Labute approximate surface area is 220 Å². The second-order valence-electron chi connectivity index (χ2n) is 8.07. The molecule has 0 saturated heterocycles. The summed E-state index contributed by atoms with van der Waals surface area (Å²) >= 11 is 1.44. The molecule has 0 radical (unpaired) electrons. The standard InChI is InChI=1S/C28H31N3O5S/c1-6-34-22-15-19(16-23(35-7-2)25(22)36-8-3)27(32)31(17-20-11-9-10-14-29-20)28-30-24-21(33-5)13-12-18(4)26(24)37-28/h9-16H,6-8,17H2,1-5H3. The Bertz CT molecular complexity index is 1350. The van der Waals surface area contributed by atoms with Crippen LogP contribution in [0.25, 0.3) is 10.2 Å².